The first kappa shape index (κ1) is 12.3. The fourth-order valence-electron chi connectivity index (χ4n) is 1.99. The highest BCUT2D eigenvalue weighted by atomic mass is 32.1. The van der Waals surface area contributed by atoms with Crippen molar-refractivity contribution in [2.45, 2.75) is 33.2 Å². The highest BCUT2D eigenvalue weighted by Crippen LogP contribution is 2.25. The first-order valence-electron chi connectivity index (χ1n) is 5.77. The van der Waals surface area contributed by atoms with E-state index in [1.165, 1.54) is 0 Å². The summed E-state index contributed by atoms with van der Waals surface area (Å²) in [7, 11) is 0. The average Bonchev–Trinajstić information content (AvgIpc) is 2.60. The van der Waals surface area contributed by atoms with E-state index in [1.54, 1.807) is 22.2 Å². The van der Waals surface area contributed by atoms with Gasteiger partial charge in [0.2, 0.25) is 0 Å². The van der Waals surface area contributed by atoms with Gasteiger partial charge in [-0.25, -0.2) is 4.98 Å². The van der Waals surface area contributed by atoms with Crippen molar-refractivity contribution in [3.8, 4) is 0 Å². The maximum atomic E-state index is 12.4. The number of aromatic nitrogens is 2. The Morgan fingerprint density at radius 3 is 2.82 bits per heavy atom. The van der Waals surface area contributed by atoms with E-state index in [2.05, 4.69) is 4.98 Å². The zero-order valence-electron chi connectivity index (χ0n) is 10.4. The van der Waals surface area contributed by atoms with Gasteiger partial charge in [-0.15, -0.1) is 11.3 Å². The Morgan fingerprint density at radius 1 is 1.53 bits per heavy atom. The maximum Gasteiger partial charge on any atom is 0.262 e. The quantitative estimate of drug-likeness (QED) is 0.907. The lowest BCUT2D eigenvalue weighted by Crippen LogP contribution is -2.29. The Morgan fingerprint density at radius 2 is 2.24 bits per heavy atom. The summed E-state index contributed by atoms with van der Waals surface area (Å²) in [6.07, 6.45) is 2.47. The van der Waals surface area contributed by atoms with Gasteiger partial charge in [0.25, 0.3) is 5.56 Å². The van der Waals surface area contributed by atoms with Crippen molar-refractivity contribution in [3.05, 3.63) is 27.1 Å². The molecule has 0 amide bonds. The lowest BCUT2D eigenvalue weighted by atomic mass is 10.2. The third-order valence-corrected chi connectivity index (χ3v) is 4.37. The molecule has 2 N–H and O–H groups in total. The van der Waals surface area contributed by atoms with Gasteiger partial charge >= 0.3 is 0 Å². The van der Waals surface area contributed by atoms with E-state index in [0.29, 0.717) is 6.54 Å². The molecule has 0 aliphatic heterocycles. The van der Waals surface area contributed by atoms with Gasteiger partial charge in [0.05, 0.1) is 17.8 Å². The summed E-state index contributed by atoms with van der Waals surface area (Å²) in [5.41, 5.74) is 6.77. The molecule has 5 heteroatoms. The molecule has 4 nitrogen and oxygen atoms in total. The van der Waals surface area contributed by atoms with Crippen LogP contribution >= 0.6 is 11.3 Å². The standard InChI is InChI=1S/C12H17N3OS/c1-4-9(5-13)15-6-14-11-10(12(15)16)7(2)8(3)17-11/h6,9H,4-5,13H2,1-3H3. The molecule has 0 aliphatic rings. The van der Waals surface area contributed by atoms with Crippen LogP contribution in [0.4, 0.5) is 0 Å². The van der Waals surface area contributed by atoms with E-state index in [-0.39, 0.29) is 11.6 Å². The van der Waals surface area contributed by atoms with Crippen LogP contribution in [0.25, 0.3) is 10.2 Å². The van der Waals surface area contributed by atoms with Crippen molar-refractivity contribution in [1.29, 1.82) is 0 Å². The zero-order valence-corrected chi connectivity index (χ0v) is 11.2. The van der Waals surface area contributed by atoms with Crippen LogP contribution in [0.1, 0.15) is 29.8 Å². The molecule has 17 heavy (non-hydrogen) atoms. The van der Waals surface area contributed by atoms with Gasteiger partial charge in [0, 0.05) is 11.4 Å². The van der Waals surface area contributed by atoms with Gasteiger partial charge < -0.3 is 5.73 Å². The molecule has 1 atom stereocenters. The minimum atomic E-state index is 0.0363. The predicted octanol–water partition coefficient (Wildman–Crippen LogP) is 1.98. The third kappa shape index (κ3) is 1.89. The van der Waals surface area contributed by atoms with Crippen molar-refractivity contribution in [1.82, 2.24) is 9.55 Å². The molecule has 0 saturated heterocycles. The number of nitrogens with two attached hydrogens (primary N) is 1. The summed E-state index contributed by atoms with van der Waals surface area (Å²) in [6, 6.07) is 0.0407. The van der Waals surface area contributed by atoms with Crippen molar-refractivity contribution >= 4 is 21.6 Å². The largest absolute Gasteiger partial charge is 0.328 e. The van der Waals surface area contributed by atoms with E-state index in [0.717, 1.165) is 27.1 Å². The zero-order chi connectivity index (χ0) is 12.6. The maximum absolute atomic E-state index is 12.4. The predicted molar refractivity (Wildman–Crippen MR) is 71.7 cm³/mol. The van der Waals surface area contributed by atoms with Gasteiger partial charge in [-0.1, -0.05) is 6.92 Å². The molecule has 0 aromatic carbocycles. The molecule has 2 rings (SSSR count). The molecule has 0 radical (unpaired) electrons. The Hall–Kier alpha value is -1.20. The normalized spacial score (nSPS) is 13.2. The second-order valence-electron chi connectivity index (χ2n) is 4.22. The smallest absolute Gasteiger partial charge is 0.262 e. The highest BCUT2D eigenvalue weighted by molar-refractivity contribution is 7.18. The molecule has 0 bridgehead atoms. The van der Waals surface area contributed by atoms with Gasteiger partial charge in [-0.3, -0.25) is 9.36 Å². The van der Waals surface area contributed by atoms with Gasteiger partial charge in [-0.05, 0) is 25.8 Å². The molecule has 0 saturated carbocycles. The van der Waals surface area contributed by atoms with Crippen LogP contribution in [0.2, 0.25) is 0 Å². The SMILES string of the molecule is CCC(CN)n1cnc2sc(C)c(C)c2c1=O. The minimum Gasteiger partial charge on any atom is -0.328 e. The molecule has 2 aromatic heterocycles. The fourth-order valence-corrected chi connectivity index (χ4v) is 2.97. The van der Waals surface area contributed by atoms with Crippen LogP contribution in [0, 0.1) is 13.8 Å². The van der Waals surface area contributed by atoms with Gasteiger partial charge in [0.15, 0.2) is 0 Å². The van der Waals surface area contributed by atoms with E-state index < -0.39 is 0 Å². The Balaban J connectivity index is 2.73. The van der Waals surface area contributed by atoms with Crippen molar-refractivity contribution in [2.75, 3.05) is 6.54 Å². The van der Waals surface area contributed by atoms with E-state index in [4.69, 9.17) is 5.73 Å². The second-order valence-corrected chi connectivity index (χ2v) is 5.42. The Bertz CT molecular complexity index is 596. The summed E-state index contributed by atoms with van der Waals surface area (Å²) in [6.45, 7) is 6.49. The van der Waals surface area contributed by atoms with E-state index in [1.807, 2.05) is 20.8 Å². The van der Waals surface area contributed by atoms with Crippen LogP contribution in [0.15, 0.2) is 11.1 Å². The first-order chi connectivity index (χ1) is 8.10. The molecule has 2 heterocycles. The number of aryl methyl sites for hydroxylation is 2. The highest BCUT2D eigenvalue weighted by Gasteiger charge is 2.15. The van der Waals surface area contributed by atoms with Gasteiger partial charge in [0.1, 0.15) is 4.83 Å². The number of rotatable bonds is 3. The summed E-state index contributed by atoms with van der Waals surface area (Å²) >= 11 is 1.57. The third-order valence-electron chi connectivity index (χ3n) is 3.25. The fraction of sp³-hybridized carbons (Fsp3) is 0.500. The lowest BCUT2D eigenvalue weighted by Gasteiger charge is -2.15. The van der Waals surface area contributed by atoms with Crippen LogP contribution in [-0.4, -0.2) is 16.1 Å². The van der Waals surface area contributed by atoms with Gasteiger partial charge in [-0.2, -0.15) is 0 Å². The van der Waals surface area contributed by atoms with Crippen LogP contribution in [-0.2, 0) is 0 Å². The molecular formula is C12H17N3OS. The average molecular weight is 251 g/mol. The van der Waals surface area contributed by atoms with Crippen LogP contribution in [0.5, 0.6) is 0 Å². The lowest BCUT2D eigenvalue weighted by molar-refractivity contribution is 0.479. The molecule has 0 spiro atoms. The summed E-state index contributed by atoms with van der Waals surface area (Å²) in [5.74, 6) is 0. The summed E-state index contributed by atoms with van der Waals surface area (Å²) in [5, 5.41) is 0.752. The Kier molecular flexibility index (Phi) is 3.31. The van der Waals surface area contributed by atoms with Crippen LogP contribution < -0.4 is 11.3 Å². The van der Waals surface area contributed by atoms with E-state index >= 15 is 0 Å². The van der Waals surface area contributed by atoms with Crippen molar-refractivity contribution in [2.24, 2.45) is 5.73 Å². The molecule has 0 fully saturated rings. The number of fused-ring (bicyclic) bond motifs is 1. The monoisotopic (exact) mass is 251 g/mol. The summed E-state index contributed by atoms with van der Waals surface area (Å²) in [4.78, 5) is 18.7. The number of nitrogens with zero attached hydrogens (tertiary/aromatic N) is 2. The summed E-state index contributed by atoms with van der Waals surface area (Å²) < 4.78 is 1.67. The topological polar surface area (TPSA) is 60.9 Å². The van der Waals surface area contributed by atoms with E-state index in [9.17, 15) is 4.79 Å². The second kappa shape index (κ2) is 4.58. The number of thiophene rings is 1. The van der Waals surface area contributed by atoms with Crippen molar-refractivity contribution in [3.63, 3.8) is 0 Å². The molecular weight excluding hydrogens is 234 g/mol. The van der Waals surface area contributed by atoms with Crippen molar-refractivity contribution < 1.29 is 0 Å². The number of hydrogen-bond acceptors (Lipinski definition) is 4. The molecule has 1 unspecified atom stereocenters. The molecule has 0 aliphatic carbocycles. The van der Waals surface area contributed by atoms with Crippen LogP contribution in [0.3, 0.4) is 0 Å². The number of hydrogen-bond donors (Lipinski definition) is 1. The minimum absolute atomic E-state index is 0.0363. The Labute approximate surface area is 104 Å². The molecule has 92 valence electrons. The first-order valence-corrected chi connectivity index (χ1v) is 6.58. The molecule has 2 aromatic rings.